The number of hydrogen-bond donors (Lipinski definition) is 0. The minimum Gasteiger partial charge on any atom is -0.444 e. The Bertz CT molecular complexity index is 437. The van der Waals surface area contributed by atoms with Crippen LogP contribution in [0.5, 0.6) is 0 Å². The number of carbonyl (C=O) groups excluding carboxylic acids is 1. The average molecular weight is 325 g/mol. The van der Waals surface area contributed by atoms with Crippen LogP contribution in [0.4, 0.5) is 4.79 Å². The second-order valence-electron chi connectivity index (χ2n) is 7.51. The van der Waals surface area contributed by atoms with E-state index in [1.807, 2.05) is 25.7 Å². The Hall–Kier alpha value is -1.07. The molecule has 0 spiro atoms. The van der Waals surface area contributed by atoms with E-state index in [1.54, 1.807) is 14.2 Å². The van der Waals surface area contributed by atoms with Gasteiger partial charge in [0.05, 0.1) is 6.04 Å². The number of fused-ring (bicyclic) bond motifs is 2. The second kappa shape index (κ2) is 7.67. The van der Waals surface area contributed by atoms with Crippen molar-refractivity contribution in [2.75, 3.05) is 14.2 Å². The lowest BCUT2D eigenvalue weighted by molar-refractivity contribution is -0.106. The molecule has 0 aromatic heterocycles. The van der Waals surface area contributed by atoms with E-state index in [1.165, 1.54) is 12.0 Å². The minimum atomic E-state index is -0.445. The molecule has 1 amide bonds. The molecule has 2 unspecified atom stereocenters. The van der Waals surface area contributed by atoms with Crippen LogP contribution in [-0.4, -0.2) is 49.2 Å². The highest BCUT2D eigenvalue weighted by Gasteiger charge is 2.39. The molecule has 2 atom stereocenters. The van der Waals surface area contributed by atoms with E-state index < -0.39 is 5.60 Å². The molecule has 2 rings (SSSR count). The van der Waals surface area contributed by atoms with E-state index in [0.29, 0.717) is 0 Å². The smallest absolute Gasteiger partial charge is 0.411 e. The van der Waals surface area contributed by atoms with E-state index in [4.69, 9.17) is 14.2 Å². The molecular formula is C18H31NO4. The molecule has 0 saturated carbocycles. The Morgan fingerprint density at radius 1 is 1.30 bits per heavy atom. The third kappa shape index (κ3) is 4.95. The zero-order valence-corrected chi connectivity index (χ0v) is 15.1. The van der Waals surface area contributed by atoms with Gasteiger partial charge >= 0.3 is 6.09 Å². The predicted molar refractivity (Wildman–Crippen MR) is 89.2 cm³/mol. The summed E-state index contributed by atoms with van der Waals surface area (Å²) in [4.78, 5) is 14.5. The average Bonchev–Trinajstić information content (AvgIpc) is 2.45. The first-order chi connectivity index (χ1) is 10.8. The van der Waals surface area contributed by atoms with Crippen molar-refractivity contribution < 1.29 is 19.0 Å². The summed E-state index contributed by atoms with van der Waals surface area (Å²) in [5, 5.41) is 0. The summed E-state index contributed by atoms with van der Waals surface area (Å²) in [5.41, 5.74) is 0.970. The topological polar surface area (TPSA) is 48.0 Å². The number of amides is 1. The highest BCUT2D eigenvalue weighted by molar-refractivity contribution is 5.70. The van der Waals surface area contributed by atoms with Gasteiger partial charge in [-0.25, -0.2) is 4.79 Å². The SMILES string of the molecule is COC(CCC1=CC2CCCC(C1)N2C(=O)OC(C)(C)C)OC. The molecule has 2 bridgehead atoms. The molecule has 1 fully saturated rings. The lowest BCUT2D eigenvalue weighted by Gasteiger charge is -2.45. The first-order valence-corrected chi connectivity index (χ1v) is 8.60. The lowest BCUT2D eigenvalue weighted by atomic mass is 9.84. The third-order valence-corrected chi connectivity index (χ3v) is 4.55. The van der Waals surface area contributed by atoms with Gasteiger partial charge in [-0.1, -0.05) is 11.6 Å². The van der Waals surface area contributed by atoms with Crippen LogP contribution in [0.1, 0.15) is 59.3 Å². The molecule has 5 heteroatoms. The van der Waals surface area contributed by atoms with Crippen molar-refractivity contribution >= 4 is 6.09 Å². The molecule has 0 radical (unpaired) electrons. The number of ether oxygens (including phenoxy) is 3. The number of rotatable bonds is 5. The summed E-state index contributed by atoms with van der Waals surface area (Å²) in [6, 6.07) is 0.447. The number of piperidine rings is 1. The van der Waals surface area contributed by atoms with Gasteiger partial charge < -0.3 is 14.2 Å². The van der Waals surface area contributed by atoms with Gasteiger partial charge in [0.2, 0.25) is 0 Å². The molecule has 0 aromatic carbocycles. The molecule has 0 N–H and O–H groups in total. The van der Waals surface area contributed by atoms with Crippen LogP contribution in [0, 0.1) is 0 Å². The Morgan fingerprint density at radius 2 is 2.00 bits per heavy atom. The zero-order valence-electron chi connectivity index (χ0n) is 15.1. The summed E-state index contributed by atoms with van der Waals surface area (Å²) in [5.74, 6) is 0. The fourth-order valence-corrected chi connectivity index (χ4v) is 3.54. The highest BCUT2D eigenvalue weighted by Crippen LogP contribution is 2.36. The fraction of sp³-hybridized carbons (Fsp3) is 0.833. The van der Waals surface area contributed by atoms with Crippen molar-refractivity contribution in [3.63, 3.8) is 0 Å². The molecule has 0 aliphatic carbocycles. The number of carbonyl (C=O) groups is 1. The van der Waals surface area contributed by atoms with Crippen LogP contribution in [0.25, 0.3) is 0 Å². The zero-order chi connectivity index (χ0) is 17.0. The molecule has 2 heterocycles. The number of hydrogen-bond acceptors (Lipinski definition) is 4. The lowest BCUT2D eigenvalue weighted by Crippen LogP contribution is -2.53. The minimum absolute atomic E-state index is 0.153. The maximum Gasteiger partial charge on any atom is 0.411 e. The van der Waals surface area contributed by atoms with Crippen LogP contribution in [-0.2, 0) is 14.2 Å². The van der Waals surface area contributed by atoms with E-state index >= 15 is 0 Å². The van der Waals surface area contributed by atoms with Crippen molar-refractivity contribution in [2.45, 2.75) is 83.3 Å². The van der Waals surface area contributed by atoms with Crippen molar-refractivity contribution in [3.8, 4) is 0 Å². The van der Waals surface area contributed by atoms with Gasteiger partial charge in [-0.3, -0.25) is 4.90 Å². The van der Waals surface area contributed by atoms with Gasteiger partial charge in [-0.15, -0.1) is 0 Å². The predicted octanol–water partition coefficient (Wildman–Crippen LogP) is 3.87. The van der Waals surface area contributed by atoms with E-state index in [-0.39, 0.29) is 24.5 Å². The van der Waals surface area contributed by atoms with Crippen molar-refractivity contribution in [1.29, 1.82) is 0 Å². The highest BCUT2D eigenvalue weighted by atomic mass is 16.7. The van der Waals surface area contributed by atoms with Crippen LogP contribution < -0.4 is 0 Å². The fourth-order valence-electron chi connectivity index (χ4n) is 3.54. The van der Waals surface area contributed by atoms with Crippen LogP contribution in [0.3, 0.4) is 0 Å². The van der Waals surface area contributed by atoms with Crippen LogP contribution >= 0.6 is 0 Å². The standard InChI is InChI=1S/C18H31NO4/c1-18(2,3)23-17(20)19-14-7-6-8-15(19)12-13(11-14)9-10-16(21-4)22-5/h11,14-16H,6-10,12H2,1-5H3. The molecule has 5 nitrogen and oxygen atoms in total. The molecule has 1 saturated heterocycles. The molecule has 23 heavy (non-hydrogen) atoms. The van der Waals surface area contributed by atoms with Gasteiger partial charge in [0.15, 0.2) is 6.29 Å². The van der Waals surface area contributed by atoms with Gasteiger partial charge in [-0.2, -0.15) is 0 Å². The Morgan fingerprint density at radius 3 is 2.57 bits per heavy atom. The maximum absolute atomic E-state index is 12.5. The third-order valence-electron chi connectivity index (χ3n) is 4.55. The van der Waals surface area contributed by atoms with Gasteiger partial charge in [0.25, 0.3) is 0 Å². The molecule has 2 aliphatic rings. The van der Waals surface area contributed by atoms with Gasteiger partial charge in [-0.05, 0) is 52.9 Å². The van der Waals surface area contributed by atoms with Crippen molar-refractivity contribution in [1.82, 2.24) is 4.90 Å². The molecule has 2 aliphatic heterocycles. The summed E-state index contributed by atoms with van der Waals surface area (Å²) in [6.45, 7) is 5.75. The second-order valence-corrected chi connectivity index (χ2v) is 7.51. The molecular weight excluding hydrogens is 294 g/mol. The van der Waals surface area contributed by atoms with E-state index in [0.717, 1.165) is 32.1 Å². The summed E-state index contributed by atoms with van der Waals surface area (Å²) >= 11 is 0. The normalized spacial score (nSPS) is 24.6. The van der Waals surface area contributed by atoms with E-state index in [2.05, 4.69) is 6.08 Å². The Labute approximate surface area is 140 Å². The first kappa shape index (κ1) is 18.3. The van der Waals surface area contributed by atoms with Crippen molar-refractivity contribution in [2.24, 2.45) is 0 Å². The van der Waals surface area contributed by atoms with E-state index in [9.17, 15) is 4.79 Å². The van der Waals surface area contributed by atoms with Gasteiger partial charge in [0, 0.05) is 26.7 Å². The quantitative estimate of drug-likeness (QED) is 0.568. The van der Waals surface area contributed by atoms with Crippen LogP contribution in [0.2, 0.25) is 0 Å². The monoisotopic (exact) mass is 325 g/mol. The Kier molecular flexibility index (Phi) is 6.09. The number of methoxy groups -OCH3 is 2. The largest absolute Gasteiger partial charge is 0.444 e. The summed E-state index contributed by atoms with van der Waals surface area (Å²) in [6.07, 6.45) is 7.96. The van der Waals surface area contributed by atoms with Crippen LogP contribution in [0.15, 0.2) is 11.6 Å². The summed E-state index contributed by atoms with van der Waals surface area (Å²) < 4.78 is 16.1. The molecule has 132 valence electrons. The number of nitrogens with zero attached hydrogens (tertiary/aromatic N) is 1. The van der Waals surface area contributed by atoms with Gasteiger partial charge in [0.1, 0.15) is 5.60 Å². The molecule has 0 aromatic rings. The van der Waals surface area contributed by atoms with Crippen molar-refractivity contribution in [3.05, 3.63) is 11.6 Å². The summed E-state index contributed by atoms with van der Waals surface area (Å²) in [7, 11) is 3.34. The Balaban J connectivity index is 2.02. The first-order valence-electron chi connectivity index (χ1n) is 8.60. The maximum atomic E-state index is 12.5.